The van der Waals surface area contributed by atoms with Crippen LogP contribution in [0.2, 0.25) is 0 Å². The summed E-state index contributed by atoms with van der Waals surface area (Å²) in [7, 11) is 2.08. The van der Waals surface area contributed by atoms with Gasteiger partial charge in [-0.05, 0) is 6.42 Å². The molecular weight excluding hydrogens is 251 g/mol. The highest BCUT2D eigenvalue weighted by Crippen LogP contribution is 1.93. The average Bonchev–Trinajstić information content (AvgIpc) is 2.80. The highest BCUT2D eigenvalue weighted by atomic mass is 15.1. The zero-order valence-electron chi connectivity index (χ0n) is 12.0. The first-order chi connectivity index (χ1) is 9.50. The predicted octanol–water partition coefficient (Wildman–Crippen LogP) is 1.11. The molecule has 0 N–H and O–H groups in total. The Balaban J connectivity index is 0.000000370. The van der Waals surface area contributed by atoms with E-state index >= 15 is 0 Å². The van der Waals surface area contributed by atoms with Gasteiger partial charge in [0.1, 0.15) is 12.4 Å². The van der Waals surface area contributed by atoms with Crippen LogP contribution >= 0.6 is 0 Å². The number of unbranched alkanes of at least 4 members (excludes halogenated alkanes) is 1. The molecule has 0 amide bonds. The van der Waals surface area contributed by atoms with Crippen LogP contribution in [0.25, 0.3) is 0 Å². The van der Waals surface area contributed by atoms with Gasteiger partial charge in [0, 0.05) is 6.92 Å². The topological polar surface area (TPSA) is 104 Å². The Hall–Kier alpha value is -2.77. The van der Waals surface area contributed by atoms with Crippen LogP contribution in [0, 0.1) is 51.8 Å². The molecule has 1 aromatic rings. The Morgan fingerprint density at radius 3 is 1.90 bits per heavy atom. The van der Waals surface area contributed by atoms with E-state index in [0.717, 1.165) is 6.54 Å². The molecule has 0 radical (unpaired) electrons. The van der Waals surface area contributed by atoms with Gasteiger partial charge in [-0.2, -0.15) is 0 Å². The Bertz CT molecular complexity index is 543. The maximum Gasteiger partial charge on any atom is 0.383 e. The zero-order valence-corrected chi connectivity index (χ0v) is 12.0. The molecule has 102 valence electrons. The normalized spacial score (nSPS) is 9.15. The zero-order chi connectivity index (χ0) is 15.6. The van der Waals surface area contributed by atoms with Crippen molar-refractivity contribution in [1.29, 1.82) is 21.0 Å². The van der Waals surface area contributed by atoms with E-state index in [1.807, 2.05) is 0 Å². The smallest absolute Gasteiger partial charge is 0.245 e. The molecule has 7 heteroatoms. The third-order valence-corrected chi connectivity index (χ3v) is 2.92. The van der Waals surface area contributed by atoms with E-state index in [2.05, 4.69) is 42.4 Å². The second-order valence-electron chi connectivity index (χ2n) is 4.39. The van der Waals surface area contributed by atoms with Crippen LogP contribution < -0.4 is 4.57 Å². The van der Waals surface area contributed by atoms with Crippen molar-refractivity contribution in [2.75, 3.05) is 0 Å². The van der Waals surface area contributed by atoms with Gasteiger partial charge in [0.15, 0.2) is 0 Å². The van der Waals surface area contributed by atoms with Gasteiger partial charge < -0.3 is 0 Å². The predicted molar refractivity (Wildman–Crippen MR) is 73.5 cm³/mol. The van der Waals surface area contributed by atoms with E-state index < -0.39 is 6.15 Å². The average molecular weight is 268 g/mol. The molecule has 6 nitrogen and oxygen atoms in total. The Morgan fingerprint density at radius 1 is 1.15 bits per heavy atom. The van der Waals surface area contributed by atoms with Crippen LogP contribution in [-0.2, 0) is 13.6 Å². The molecule has 1 aromatic heterocycles. The minimum Gasteiger partial charge on any atom is -0.245 e. The lowest BCUT2D eigenvalue weighted by molar-refractivity contribution is -0.702. The largest absolute Gasteiger partial charge is 0.383 e. The fourth-order valence-corrected chi connectivity index (χ4v) is 1.34. The Labute approximate surface area is 119 Å². The van der Waals surface area contributed by atoms with Crippen molar-refractivity contribution in [2.24, 2.45) is 7.05 Å². The quantitative estimate of drug-likeness (QED) is 0.604. The fourth-order valence-electron chi connectivity index (χ4n) is 1.34. The van der Waals surface area contributed by atoms with Crippen molar-refractivity contribution in [3.63, 3.8) is 0 Å². The van der Waals surface area contributed by atoms with Gasteiger partial charge in [-0.25, -0.2) is 30.2 Å². The van der Waals surface area contributed by atoms with E-state index in [-0.39, 0.29) is 0 Å². The number of aromatic nitrogens is 2. The van der Waals surface area contributed by atoms with Gasteiger partial charge in [0.05, 0.1) is 13.6 Å². The van der Waals surface area contributed by atoms with E-state index in [1.165, 1.54) is 42.5 Å². The van der Waals surface area contributed by atoms with Gasteiger partial charge in [-0.15, -0.1) is 23.9 Å². The summed E-state index contributed by atoms with van der Waals surface area (Å²) in [6.07, 6.45) is 4.06. The monoisotopic (exact) mass is 268 g/mol. The molecule has 1 rings (SSSR count). The van der Waals surface area contributed by atoms with Crippen LogP contribution in [0.5, 0.6) is 0 Å². The lowest BCUT2D eigenvalue weighted by Crippen LogP contribution is -2.35. The third kappa shape index (κ3) is 4.49. The number of hydrogen-bond acceptors (Lipinski definition) is 4. The first kappa shape index (κ1) is 17.2. The summed E-state index contributed by atoms with van der Waals surface area (Å²) in [5, 5.41) is 32.3. The van der Waals surface area contributed by atoms with Crippen molar-refractivity contribution < 1.29 is 4.57 Å². The van der Waals surface area contributed by atoms with Crippen LogP contribution in [0.1, 0.15) is 25.6 Å². The van der Waals surface area contributed by atoms with Crippen molar-refractivity contribution in [1.82, 2.24) is 4.57 Å². The highest BCUT2D eigenvalue weighted by molar-refractivity contribution is 7.05. The SMILES string of the molecule is CCCC[n+]1ccn(C)c1C.N#C[B-](C#N)(C#N)C#N. The summed E-state index contributed by atoms with van der Waals surface area (Å²) in [5.41, 5.74) is 0. The number of rotatable bonds is 3. The van der Waals surface area contributed by atoms with Gasteiger partial charge in [0.2, 0.25) is 0 Å². The van der Waals surface area contributed by atoms with Gasteiger partial charge in [0.25, 0.3) is 5.82 Å². The molecule has 0 aromatic carbocycles. The van der Waals surface area contributed by atoms with Gasteiger partial charge in [-0.3, -0.25) is 0 Å². The fraction of sp³-hybridized carbons (Fsp3) is 0.462. The lowest BCUT2D eigenvalue weighted by Gasteiger charge is -1.98. The molecule has 20 heavy (non-hydrogen) atoms. The third-order valence-electron chi connectivity index (χ3n) is 2.92. The summed E-state index contributed by atoms with van der Waals surface area (Å²) >= 11 is 0. The Kier molecular flexibility index (Phi) is 7.20. The molecule has 0 spiro atoms. The molecule has 0 saturated heterocycles. The molecule has 0 atom stereocenters. The molecule has 0 aliphatic carbocycles. The van der Waals surface area contributed by atoms with Crippen molar-refractivity contribution in [2.45, 2.75) is 33.2 Å². The summed E-state index contributed by atoms with van der Waals surface area (Å²) in [6, 6.07) is 0. The molecule has 0 fully saturated rings. The first-order valence-corrected chi connectivity index (χ1v) is 6.32. The van der Waals surface area contributed by atoms with Crippen molar-refractivity contribution in [3.8, 4) is 23.9 Å². The van der Waals surface area contributed by atoms with E-state index in [0.29, 0.717) is 0 Å². The summed E-state index contributed by atoms with van der Waals surface area (Å²) in [6.45, 7) is 5.53. The molecular formula is C13H17BN6. The number of nitriles is 4. The molecule has 0 aliphatic heterocycles. The molecule has 0 aliphatic rings. The second kappa shape index (κ2) is 8.36. The maximum absolute atomic E-state index is 8.09. The first-order valence-electron chi connectivity index (χ1n) is 6.32. The molecule has 0 saturated carbocycles. The van der Waals surface area contributed by atoms with E-state index in [9.17, 15) is 0 Å². The van der Waals surface area contributed by atoms with E-state index in [4.69, 9.17) is 21.0 Å². The van der Waals surface area contributed by atoms with Crippen LogP contribution in [0.15, 0.2) is 12.4 Å². The second-order valence-corrected chi connectivity index (χ2v) is 4.39. The van der Waals surface area contributed by atoms with Gasteiger partial charge in [-0.1, -0.05) is 13.3 Å². The molecule has 0 unspecified atom stereocenters. The number of nitrogens with zero attached hydrogens (tertiary/aromatic N) is 6. The maximum atomic E-state index is 8.09. The van der Waals surface area contributed by atoms with Crippen molar-refractivity contribution >= 4 is 6.15 Å². The van der Waals surface area contributed by atoms with E-state index in [1.54, 1.807) is 0 Å². The number of aryl methyl sites for hydroxylation is 2. The summed E-state index contributed by atoms with van der Waals surface area (Å²) < 4.78 is 4.44. The van der Waals surface area contributed by atoms with Crippen LogP contribution in [0.4, 0.5) is 0 Å². The highest BCUT2D eigenvalue weighted by Gasteiger charge is 2.22. The molecule has 0 bridgehead atoms. The number of hydrogen-bond donors (Lipinski definition) is 0. The van der Waals surface area contributed by atoms with Crippen LogP contribution in [-0.4, -0.2) is 10.7 Å². The van der Waals surface area contributed by atoms with Crippen LogP contribution in [0.3, 0.4) is 0 Å². The summed E-state index contributed by atoms with van der Waals surface area (Å²) in [5.74, 6) is 6.71. The van der Waals surface area contributed by atoms with Crippen molar-refractivity contribution in [3.05, 3.63) is 18.2 Å². The minimum absolute atomic E-state index is 1.16. The number of imidazole rings is 1. The van der Waals surface area contributed by atoms with Gasteiger partial charge >= 0.3 is 6.15 Å². The summed E-state index contributed by atoms with van der Waals surface area (Å²) in [4.78, 5) is 0. The Morgan fingerprint density at radius 2 is 1.65 bits per heavy atom. The molecule has 1 heterocycles. The minimum atomic E-state index is -2.72. The standard InChI is InChI=1S/C9H17N2.C4BN4/c1-4-5-6-11-8-7-10(3)9(11)2;6-1-5(2-7,3-8)4-9/h7-8H,4-6H2,1-3H3;/q+1;-1. The lowest BCUT2D eigenvalue weighted by atomic mass is 9.30.